The van der Waals surface area contributed by atoms with Gasteiger partial charge < -0.3 is 5.32 Å². The zero-order valence-corrected chi connectivity index (χ0v) is 13.5. The highest BCUT2D eigenvalue weighted by molar-refractivity contribution is 9.10. The van der Waals surface area contributed by atoms with Crippen LogP contribution in [-0.4, -0.2) is 17.2 Å². The van der Waals surface area contributed by atoms with E-state index in [0.29, 0.717) is 16.6 Å². The molecule has 1 N–H and O–H groups in total. The molecule has 2 aromatic carbocycles. The maximum Gasteiger partial charge on any atom is 0.102 e. The van der Waals surface area contributed by atoms with Gasteiger partial charge in [0.25, 0.3) is 0 Å². The molecule has 0 saturated carbocycles. The van der Waals surface area contributed by atoms with Gasteiger partial charge in [0.05, 0.1) is 12.3 Å². The topological polar surface area (TPSA) is 24.4 Å². The molecule has 0 aliphatic carbocycles. The minimum atomic E-state index is 0.461. The number of thiocarbonyl (C=S) groups is 1. The Morgan fingerprint density at radius 1 is 1.15 bits per heavy atom. The van der Waals surface area contributed by atoms with Crippen molar-refractivity contribution in [3.05, 3.63) is 63.1 Å². The quantitative estimate of drug-likeness (QED) is 0.741. The lowest BCUT2D eigenvalue weighted by Crippen LogP contribution is -2.10. The molecular formula is C15H10BrClN2S. The molecule has 1 aliphatic heterocycles. The van der Waals surface area contributed by atoms with Gasteiger partial charge in [-0.15, -0.1) is 0 Å². The maximum absolute atomic E-state index is 6.31. The molecule has 0 fully saturated rings. The Labute approximate surface area is 136 Å². The Morgan fingerprint density at radius 3 is 2.75 bits per heavy atom. The first kappa shape index (κ1) is 13.7. The highest BCUT2D eigenvalue weighted by atomic mass is 79.9. The molecule has 0 amide bonds. The number of halogens is 2. The van der Waals surface area contributed by atoms with E-state index in [2.05, 4.69) is 26.2 Å². The number of hydrogen-bond donors (Lipinski definition) is 1. The van der Waals surface area contributed by atoms with E-state index < -0.39 is 0 Å². The lowest BCUT2D eigenvalue weighted by molar-refractivity contribution is 1.31. The van der Waals surface area contributed by atoms with Gasteiger partial charge in [0, 0.05) is 26.3 Å². The average Bonchev–Trinajstić information content (AvgIpc) is 2.58. The SMILES string of the molecule is S=C1CN=C(c2ccccc2Cl)c2cc(Br)ccc2N1. The van der Waals surface area contributed by atoms with Gasteiger partial charge >= 0.3 is 0 Å². The molecule has 0 unspecified atom stereocenters. The number of benzodiazepines with no additional fused rings is 1. The molecular weight excluding hydrogens is 356 g/mol. The van der Waals surface area contributed by atoms with Gasteiger partial charge in [-0.2, -0.15) is 0 Å². The molecule has 0 radical (unpaired) electrons. The van der Waals surface area contributed by atoms with E-state index in [4.69, 9.17) is 23.8 Å². The first-order valence-corrected chi connectivity index (χ1v) is 7.62. The van der Waals surface area contributed by atoms with Crippen molar-refractivity contribution in [2.45, 2.75) is 0 Å². The minimum Gasteiger partial charge on any atom is -0.348 e. The van der Waals surface area contributed by atoms with E-state index in [0.717, 1.165) is 27.0 Å². The number of rotatable bonds is 1. The van der Waals surface area contributed by atoms with Gasteiger partial charge in [-0.3, -0.25) is 4.99 Å². The van der Waals surface area contributed by atoms with Gasteiger partial charge in [0.15, 0.2) is 0 Å². The van der Waals surface area contributed by atoms with E-state index in [9.17, 15) is 0 Å². The summed E-state index contributed by atoms with van der Waals surface area (Å²) in [5.41, 5.74) is 3.72. The van der Waals surface area contributed by atoms with Crippen LogP contribution >= 0.6 is 39.7 Å². The molecule has 3 rings (SSSR count). The molecule has 0 saturated heterocycles. The van der Waals surface area contributed by atoms with Crippen molar-refractivity contribution < 1.29 is 0 Å². The third kappa shape index (κ3) is 2.64. The van der Waals surface area contributed by atoms with Crippen molar-refractivity contribution in [1.29, 1.82) is 0 Å². The van der Waals surface area contributed by atoms with Crippen molar-refractivity contribution in [2.24, 2.45) is 4.99 Å². The molecule has 0 spiro atoms. The molecule has 2 nitrogen and oxygen atoms in total. The molecule has 0 atom stereocenters. The predicted molar refractivity (Wildman–Crippen MR) is 92.3 cm³/mol. The van der Waals surface area contributed by atoms with Gasteiger partial charge in [0.2, 0.25) is 0 Å². The number of fused-ring (bicyclic) bond motifs is 1. The molecule has 20 heavy (non-hydrogen) atoms. The van der Waals surface area contributed by atoms with Crippen LogP contribution in [0.2, 0.25) is 5.02 Å². The summed E-state index contributed by atoms with van der Waals surface area (Å²) < 4.78 is 0.991. The van der Waals surface area contributed by atoms with E-state index in [-0.39, 0.29) is 0 Å². The van der Waals surface area contributed by atoms with Gasteiger partial charge in [-0.05, 0) is 24.3 Å². The highest BCUT2D eigenvalue weighted by Gasteiger charge is 2.18. The minimum absolute atomic E-state index is 0.461. The third-order valence-corrected chi connectivity index (χ3v) is 4.07. The number of aliphatic imine (C=N–C) groups is 1. The molecule has 1 aliphatic rings. The Morgan fingerprint density at radius 2 is 1.95 bits per heavy atom. The van der Waals surface area contributed by atoms with E-state index in [1.165, 1.54) is 0 Å². The van der Waals surface area contributed by atoms with Gasteiger partial charge in [-0.1, -0.05) is 57.9 Å². The summed E-state index contributed by atoms with van der Waals surface area (Å²) in [7, 11) is 0. The van der Waals surface area contributed by atoms with Crippen LogP contribution in [0.25, 0.3) is 0 Å². The van der Waals surface area contributed by atoms with Gasteiger partial charge in [-0.25, -0.2) is 0 Å². The van der Waals surface area contributed by atoms with E-state index in [1.807, 2.05) is 42.5 Å². The van der Waals surface area contributed by atoms with Crippen LogP contribution in [0.5, 0.6) is 0 Å². The summed E-state index contributed by atoms with van der Waals surface area (Å²) in [6.45, 7) is 0.461. The molecule has 2 aromatic rings. The number of anilines is 1. The lowest BCUT2D eigenvalue weighted by Gasteiger charge is -2.12. The molecule has 5 heteroatoms. The van der Waals surface area contributed by atoms with Crippen LogP contribution in [0.4, 0.5) is 5.69 Å². The largest absolute Gasteiger partial charge is 0.348 e. The second-order valence-electron chi connectivity index (χ2n) is 4.38. The van der Waals surface area contributed by atoms with Crippen molar-refractivity contribution in [2.75, 3.05) is 11.9 Å². The smallest absolute Gasteiger partial charge is 0.102 e. The first-order valence-electron chi connectivity index (χ1n) is 6.04. The molecule has 1 heterocycles. The lowest BCUT2D eigenvalue weighted by atomic mass is 10.0. The molecule has 0 aromatic heterocycles. The second-order valence-corrected chi connectivity index (χ2v) is 6.20. The Kier molecular flexibility index (Phi) is 3.87. The standard InChI is InChI=1S/C15H10BrClN2S/c16-9-5-6-13-11(7-9)15(18-8-14(20)19-13)10-3-1-2-4-12(10)17/h1-7H,8H2,(H,19,20). The highest BCUT2D eigenvalue weighted by Crippen LogP contribution is 2.28. The zero-order valence-electron chi connectivity index (χ0n) is 10.4. The van der Waals surface area contributed by atoms with Crippen LogP contribution in [-0.2, 0) is 0 Å². The second kappa shape index (κ2) is 5.64. The molecule has 0 bridgehead atoms. The van der Waals surface area contributed by atoms with Crippen LogP contribution < -0.4 is 5.32 Å². The number of hydrogen-bond acceptors (Lipinski definition) is 2. The van der Waals surface area contributed by atoms with Crippen LogP contribution in [0.1, 0.15) is 11.1 Å². The summed E-state index contributed by atoms with van der Waals surface area (Å²) in [6.07, 6.45) is 0. The number of nitrogens with one attached hydrogen (secondary N) is 1. The molecule has 100 valence electrons. The Balaban J connectivity index is 2.23. The monoisotopic (exact) mass is 364 g/mol. The fraction of sp³-hybridized carbons (Fsp3) is 0.0667. The summed E-state index contributed by atoms with van der Waals surface area (Å²) in [4.78, 5) is 5.33. The fourth-order valence-electron chi connectivity index (χ4n) is 2.13. The summed E-state index contributed by atoms with van der Waals surface area (Å²) in [5, 5.41) is 3.91. The number of benzene rings is 2. The summed E-state index contributed by atoms with van der Waals surface area (Å²) >= 11 is 15.1. The average molecular weight is 366 g/mol. The normalized spacial score (nSPS) is 14.1. The van der Waals surface area contributed by atoms with Crippen LogP contribution in [0.15, 0.2) is 51.9 Å². The first-order chi connectivity index (χ1) is 9.65. The van der Waals surface area contributed by atoms with Crippen molar-refractivity contribution in [3.63, 3.8) is 0 Å². The summed E-state index contributed by atoms with van der Waals surface area (Å²) in [5.74, 6) is 0. The predicted octanol–water partition coefficient (Wildman–Crippen LogP) is 4.69. The van der Waals surface area contributed by atoms with E-state index in [1.54, 1.807) is 0 Å². The maximum atomic E-state index is 6.31. The number of nitrogens with zero attached hydrogens (tertiary/aromatic N) is 1. The third-order valence-electron chi connectivity index (χ3n) is 3.02. The van der Waals surface area contributed by atoms with E-state index >= 15 is 0 Å². The Bertz CT molecular complexity index is 728. The van der Waals surface area contributed by atoms with Crippen LogP contribution in [0.3, 0.4) is 0 Å². The van der Waals surface area contributed by atoms with Crippen molar-refractivity contribution in [3.8, 4) is 0 Å². The van der Waals surface area contributed by atoms with Gasteiger partial charge in [0.1, 0.15) is 4.99 Å². The van der Waals surface area contributed by atoms with Crippen molar-refractivity contribution >= 4 is 56.1 Å². The van der Waals surface area contributed by atoms with Crippen molar-refractivity contribution in [1.82, 2.24) is 0 Å². The zero-order chi connectivity index (χ0) is 14.1. The summed E-state index contributed by atoms with van der Waals surface area (Å²) in [6, 6.07) is 13.7. The Hall–Kier alpha value is -1.23. The van der Waals surface area contributed by atoms with Crippen LogP contribution in [0, 0.1) is 0 Å². The fourth-order valence-corrected chi connectivity index (χ4v) is 2.89.